The highest BCUT2D eigenvalue weighted by Gasteiger charge is 2.29. The predicted octanol–water partition coefficient (Wildman–Crippen LogP) is 1.19. The number of hydrogen-bond donors (Lipinski definition) is 2. The summed E-state index contributed by atoms with van der Waals surface area (Å²) >= 11 is 0. The molecule has 0 aromatic carbocycles. The molecule has 2 heterocycles. The second kappa shape index (κ2) is 5.90. The summed E-state index contributed by atoms with van der Waals surface area (Å²) in [7, 11) is 1.61. The van der Waals surface area contributed by atoms with E-state index in [4.69, 9.17) is 5.11 Å². The van der Waals surface area contributed by atoms with Gasteiger partial charge in [-0.15, -0.1) is 0 Å². The number of aromatic nitrogens is 1. The van der Waals surface area contributed by atoms with Crippen LogP contribution in [0.3, 0.4) is 0 Å². The molecule has 0 saturated carbocycles. The van der Waals surface area contributed by atoms with Gasteiger partial charge in [-0.05, 0) is 38.3 Å². The summed E-state index contributed by atoms with van der Waals surface area (Å²) < 4.78 is 0. The highest BCUT2D eigenvalue weighted by Crippen LogP contribution is 2.24. The normalized spacial score (nSPS) is 18.7. The van der Waals surface area contributed by atoms with Gasteiger partial charge in [-0.1, -0.05) is 0 Å². The lowest BCUT2D eigenvalue weighted by Gasteiger charge is -2.35. The quantitative estimate of drug-likeness (QED) is 0.867. The maximum absolute atomic E-state index is 12.0. The van der Waals surface area contributed by atoms with Crippen molar-refractivity contribution >= 4 is 17.7 Å². The third-order valence-corrected chi connectivity index (χ3v) is 3.53. The number of aryl methyl sites for hydroxylation is 1. The fourth-order valence-corrected chi connectivity index (χ4v) is 2.57. The van der Waals surface area contributed by atoms with E-state index in [0.29, 0.717) is 18.1 Å². The zero-order chi connectivity index (χ0) is 14.7. The van der Waals surface area contributed by atoms with Crippen molar-refractivity contribution in [3.05, 3.63) is 23.4 Å². The number of carboxylic acid groups (broad SMARTS) is 1. The third-order valence-electron chi connectivity index (χ3n) is 3.53. The molecule has 1 aliphatic heterocycles. The van der Waals surface area contributed by atoms with Crippen molar-refractivity contribution in [2.24, 2.45) is 0 Å². The number of pyridine rings is 1. The van der Waals surface area contributed by atoms with Gasteiger partial charge in [0.25, 0.3) is 0 Å². The monoisotopic (exact) mass is 277 g/mol. The molecular formula is C14H19N3O3. The van der Waals surface area contributed by atoms with E-state index in [1.54, 1.807) is 14.0 Å². The van der Waals surface area contributed by atoms with Gasteiger partial charge in [-0.25, -0.2) is 9.78 Å². The zero-order valence-electron chi connectivity index (χ0n) is 11.7. The number of anilines is 1. The van der Waals surface area contributed by atoms with Crippen molar-refractivity contribution < 1.29 is 14.7 Å². The molecule has 1 aromatic rings. The Morgan fingerprint density at radius 3 is 2.80 bits per heavy atom. The largest absolute Gasteiger partial charge is 0.478 e. The van der Waals surface area contributed by atoms with E-state index in [0.717, 1.165) is 19.3 Å². The lowest BCUT2D eigenvalue weighted by Crippen LogP contribution is -2.49. The van der Waals surface area contributed by atoms with E-state index >= 15 is 0 Å². The summed E-state index contributed by atoms with van der Waals surface area (Å²) in [6.07, 6.45) is 2.73. The van der Waals surface area contributed by atoms with E-state index < -0.39 is 5.97 Å². The summed E-state index contributed by atoms with van der Waals surface area (Å²) in [6.45, 7) is 2.47. The Morgan fingerprint density at radius 1 is 1.40 bits per heavy atom. The van der Waals surface area contributed by atoms with Crippen LogP contribution < -0.4 is 10.2 Å². The van der Waals surface area contributed by atoms with Crippen LogP contribution in [0.15, 0.2) is 12.1 Å². The number of carbonyl (C=O) groups excluding carboxylic acids is 1. The molecule has 1 amide bonds. The van der Waals surface area contributed by atoms with Crippen molar-refractivity contribution in [3.8, 4) is 0 Å². The number of piperidine rings is 1. The Hall–Kier alpha value is -2.11. The van der Waals surface area contributed by atoms with Crippen LogP contribution in [0.4, 0.5) is 5.82 Å². The summed E-state index contributed by atoms with van der Waals surface area (Å²) in [4.78, 5) is 29.4. The summed E-state index contributed by atoms with van der Waals surface area (Å²) in [5, 5.41) is 11.8. The number of hydrogen-bond acceptors (Lipinski definition) is 4. The van der Waals surface area contributed by atoms with Crippen LogP contribution in [-0.2, 0) is 4.79 Å². The Labute approximate surface area is 117 Å². The summed E-state index contributed by atoms with van der Waals surface area (Å²) in [6, 6.07) is 2.80. The number of nitrogens with one attached hydrogen (secondary N) is 1. The van der Waals surface area contributed by atoms with Gasteiger partial charge in [-0.3, -0.25) is 4.79 Å². The van der Waals surface area contributed by atoms with Crippen LogP contribution in [0.5, 0.6) is 0 Å². The average molecular weight is 277 g/mol. The van der Waals surface area contributed by atoms with Crippen molar-refractivity contribution in [2.75, 3.05) is 18.5 Å². The first-order chi connectivity index (χ1) is 9.52. The molecule has 0 aliphatic carbocycles. The van der Waals surface area contributed by atoms with Crippen LogP contribution in [0.2, 0.25) is 0 Å². The minimum atomic E-state index is -0.981. The van der Waals surface area contributed by atoms with E-state index in [1.807, 2.05) is 4.90 Å². The molecule has 1 saturated heterocycles. The van der Waals surface area contributed by atoms with Crippen LogP contribution in [0.1, 0.15) is 35.3 Å². The molecule has 2 N–H and O–H groups in total. The van der Waals surface area contributed by atoms with Gasteiger partial charge in [0.15, 0.2) is 0 Å². The molecule has 1 atom stereocenters. The highest BCUT2D eigenvalue weighted by molar-refractivity contribution is 5.89. The maximum Gasteiger partial charge on any atom is 0.335 e. The molecule has 20 heavy (non-hydrogen) atoms. The number of nitrogens with zero attached hydrogens (tertiary/aromatic N) is 2. The third kappa shape index (κ3) is 2.89. The second-order valence-electron chi connectivity index (χ2n) is 4.98. The fourth-order valence-electron chi connectivity index (χ4n) is 2.57. The molecule has 1 unspecified atom stereocenters. The Balaban J connectivity index is 2.37. The van der Waals surface area contributed by atoms with Gasteiger partial charge in [0.05, 0.1) is 5.56 Å². The smallest absolute Gasteiger partial charge is 0.335 e. The average Bonchev–Trinajstić information content (AvgIpc) is 2.45. The molecule has 6 nitrogen and oxygen atoms in total. The molecule has 1 aromatic heterocycles. The van der Waals surface area contributed by atoms with Gasteiger partial charge in [0.2, 0.25) is 5.91 Å². The van der Waals surface area contributed by atoms with E-state index in [9.17, 15) is 9.59 Å². The molecule has 108 valence electrons. The van der Waals surface area contributed by atoms with Crippen molar-refractivity contribution in [1.29, 1.82) is 0 Å². The highest BCUT2D eigenvalue weighted by atomic mass is 16.4. The first kappa shape index (κ1) is 14.3. The molecule has 6 heteroatoms. The summed E-state index contributed by atoms with van der Waals surface area (Å²) in [5.74, 6) is -0.467. The van der Waals surface area contributed by atoms with Gasteiger partial charge in [0, 0.05) is 19.3 Å². The fraction of sp³-hybridized carbons (Fsp3) is 0.500. The topological polar surface area (TPSA) is 82.5 Å². The molecular weight excluding hydrogens is 258 g/mol. The number of likely N-dealkylation sites (N-methyl/N-ethyl adjacent to an activating group) is 1. The Morgan fingerprint density at radius 2 is 2.15 bits per heavy atom. The predicted molar refractivity (Wildman–Crippen MR) is 75.0 cm³/mol. The van der Waals surface area contributed by atoms with Crippen LogP contribution in [0, 0.1) is 6.92 Å². The van der Waals surface area contributed by atoms with Gasteiger partial charge < -0.3 is 15.3 Å². The summed E-state index contributed by atoms with van der Waals surface area (Å²) in [5.41, 5.74) is 0.842. The van der Waals surface area contributed by atoms with Gasteiger partial charge in [-0.2, -0.15) is 0 Å². The molecule has 0 radical (unpaired) electrons. The zero-order valence-corrected chi connectivity index (χ0v) is 11.7. The van der Waals surface area contributed by atoms with Crippen molar-refractivity contribution in [3.63, 3.8) is 0 Å². The molecule has 0 spiro atoms. The van der Waals surface area contributed by atoms with Crippen LogP contribution >= 0.6 is 0 Å². The van der Waals surface area contributed by atoms with Gasteiger partial charge >= 0.3 is 5.97 Å². The minimum absolute atomic E-state index is 0.0510. The first-order valence-electron chi connectivity index (χ1n) is 6.73. The molecule has 1 aliphatic rings. The van der Waals surface area contributed by atoms with E-state index in [2.05, 4.69) is 10.3 Å². The molecule has 0 bridgehead atoms. The molecule has 2 rings (SSSR count). The Kier molecular flexibility index (Phi) is 4.22. The number of aromatic carboxylic acids is 1. The number of carbonyl (C=O) groups is 2. The van der Waals surface area contributed by atoms with E-state index in [-0.39, 0.29) is 17.5 Å². The van der Waals surface area contributed by atoms with Gasteiger partial charge in [0.1, 0.15) is 11.9 Å². The lowest BCUT2D eigenvalue weighted by atomic mass is 10.0. The number of rotatable bonds is 3. The Bertz CT molecular complexity index is 530. The SMILES string of the molecule is CNC(=O)C1CCCCN1c1cc(C(=O)O)cc(C)n1. The van der Waals surface area contributed by atoms with Crippen LogP contribution in [0.25, 0.3) is 0 Å². The van der Waals surface area contributed by atoms with E-state index in [1.165, 1.54) is 12.1 Å². The number of amides is 1. The minimum Gasteiger partial charge on any atom is -0.478 e. The number of carboxylic acids is 1. The maximum atomic E-state index is 12.0. The standard InChI is InChI=1S/C14H19N3O3/c1-9-7-10(14(19)20)8-12(16-9)17-6-4-3-5-11(17)13(18)15-2/h7-8,11H,3-6H2,1-2H3,(H,15,18)(H,19,20). The second-order valence-corrected chi connectivity index (χ2v) is 4.98. The first-order valence-corrected chi connectivity index (χ1v) is 6.73. The van der Waals surface area contributed by atoms with Crippen molar-refractivity contribution in [1.82, 2.24) is 10.3 Å². The van der Waals surface area contributed by atoms with Crippen LogP contribution in [-0.4, -0.2) is 41.6 Å². The molecule has 1 fully saturated rings. The lowest BCUT2D eigenvalue weighted by molar-refractivity contribution is -0.122. The van der Waals surface area contributed by atoms with Crippen molar-refractivity contribution in [2.45, 2.75) is 32.2 Å².